The van der Waals surface area contributed by atoms with E-state index in [1.807, 2.05) is 34.1 Å². The summed E-state index contributed by atoms with van der Waals surface area (Å²) in [7, 11) is 1.77. The highest BCUT2D eigenvalue weighted by Gasteiger charge is 2.36. The van der Waals surface area contributed by atoms with Gasteiger partial charge in [-0.2, -0.15) is 10.2 Å². The lowest BCUT2D eigenvalue weighted by molar-refractivity contribution is -0.135. The molecule has 350 valence electrons. The number of likely N-dealkylation sites (tertiary alicyclic amines) is 1. The average molecular weight is 916 g/mol. The number of hydrogen-bond donors (Lipinski definition) is 2. The van der Waals surface area contributed by atoms with Crippen molar-refractivity contribution in [2.75, 3.05) is 49.1 Å². The van der Waals surface area contributed by atoms with Crippen LogP contribution < -0.4 is 20.4 Å². The monoisotopic (exact) mass is 915 g/mol. The number of hydrogen-bond acceptors (Lipinski definition) is 10. The van der Waals surface area contributed by atoms with Gasteiger partial charge in [0, 0.05) is 124 Å². The number of nitrogens with zero attached hydrogens (tertiary/aromatic N) is 9. The third kappa shape index (κ3) is 8.61. The fourth-order valence-electron chi connectivity index (χ4n) is 10.9. The molecule has 67 heavy (non-hydrogen) atoms. The third-order valence-corrected chi connectivity index (χ3v) is 14.5. The summed E-state index contributed by atoms with van der Waals surface area (Å²) in [6.07, 6.45) is 8.56. The summed E-state index contributed by atoms with van der Waals surface area (Å²) in [4.78, 5) is 76.6. The summed E-state index contributed by atoms with van der Waals surface area (Å²) in [5.74, 6) is -0.191. The summed E-state index contributed by atoms with van der Waals surface area (Å²) < 4.78 is 33.3. The predicted octanol–water partition coefficient (Wildman–Crippen LogP) is 5.76. The topological polar surface area (TPSA) is 171 Å². The van der Waals surface area contributed by atoms with Crippen LogP contribution in [-0.4, -0.2) is 109 Å². The molecule has 18 heteroatoms. The van der Waals surface area contributed by atoms with Crippen molar-refractivity contribution in [1.29, 1.82) is 0 Å². The van der Waals surface area contributed by atoms with Gasteiger partial charge in [-0.05, 0) is 98.4 Å². The second kappa shape index (κ2) is 18.2. The Balaban J connectivity index is 0.798. The van der Waals surface area contributed by atoms with E-state index in [4.69, 9.17) is 5.10 Å². The minimum atomic E-state index is -2.69. The number of alkyl halides is 2. The molecule has 5 aromatic rings. The molecule has 3 aromatic heterocycles. The van der Waals surface area contributed by atoms with Gasteiger partial charge in [-0.1, -0.05) is 0 Å². The number of nitrogens with one attached hydrogen (secondary N) is 2. The third-order valence-electron chi connectivity index (χ3n) is 14.5. The van der Waals surface area contributed by atoms with Crippen LogP contribution >= 0.6 is 0 Å². The van der Waals surface area contributed by atoms with Gasteiger partial charge in [0.05, 0.1) is 29.9 Å². The highest BCUT2D eigenvalue weighted by Crippen LogP contribution is 2.44. The van der Waals surface area contributed by atoms with Crippen LogP contribution in [0.1, 0.15) is 103 Å². The van der Waals surface area contributed by atoms with E-state index in [9.17, 15) is 32.8 Å². The predicted molar refractivity (Wildman–Crippen MR) is 246 cm³/mol. The van der Waals surface area contributed by atoms with E-state index >= 15 is 0 Å². The average Bonchev–Trinajstić information content (AvgIpc) is 3.95. The largest absolute Gasteiger partial charge is 0.371 e. The fraction of sp³-hybridized carbons (Fsp3) is 0.469. The number of rotatable bonds is 9. The Labute approximate surface area is 386 Å². The number of aryl methyl sites for hydroxylation is 2. The lowest BCUT2D eigenvalue weighted by Gasteiger charge is -2.37. The van der Waals surface area contributed by atoms with E-state index in [0.29, 0.717) is 67.8 Å². The molecule has 0 radical (unpaired) electrons. The van der Waals surface area contributed by atoms with Gasteiger partial charge in [0.25, 0.3) is 12.3 Å². The normalized spacial score (nSPS) is 19.4. The fourth-order valence-corrected chi connectivity index (χ4v) is 10.9. The van der Waals surface area contributed by atoms with E-state index in [-0.39, 0.29) is 48.1 Å². The van der Waals surface area contributed by atoms with Crippen molar-refractivity contribution in [2.45, 2.75) is 96.2 Å². The number of pyridine rings is 1. The first-order chi connectivity index (χ1) is 32.4. The minimum absolute atomic E-state index is 0.0160. The zero-order valence-electron chi connectivity index (χ0n) is 37.8. The van der Waals surface area contributed by atoms with Gasteiger partial charge in [-0.25, -0.2) is 8.78 Å². The molecule has 3 saturated heterocycles. The Morgan fingerprint density at radius 1 is 0.910 bits per heavy atom. The van der Waals surface area contributed by atoms with Crippen molar-refractivity contribution in [3.8, 4) is 11.1 Å². The highest BCUT2D eigenvalue weighted by atomic mass is 19.3. The van der Waals surface area contributed by atoms with Gasteiger partial charge >= 0.3 is 0 Å². The van der Waals surface area contributed by atoms with Crippen molar-refractivity contribution in [2.24, 2.45) is 13.0 Å². The van der Waals surface area contributed by atoms with Crippen LogP contribution in [0.5, 0.6) is 0 Å². The van der Waals surface area contributed by atoms with Crippen LogP contribution in [-0.2, 0) is 45.6 Å². The minimum Gasteiger partial charge on any atom is -0.371 e. The molecule has 2 aromatic carbocycles. The molecule has 5 aliphatic heterocycles. The van der Waals surface area contributed by atoms with E-state index in [0.717, 1.165) is 91.0 Å². The maximum atomic E-state index is 14.8. The van der Waals surface area contributed by atoms with Crippen LogP contribution in [0.3, 0.4) is 0 Å². The number of benzene rings is 2. The van der Waals surface area contributed by atoms with Gasteiger partial charge in [-0.3, -0.25) is 43.6 Å². The van der Waals surface area contributed by atoms with Crippen molar-refractivity contribution < 1.29 is 32.8 Å². The number of carbonyl (C=O) groups excluding carboxylic acids is 5. The Morgan fingerprint density at radius 3 is 2.45 bits per heavy atom. The Hall–Kier alpha value is -6.72. The van der Waals surface area contributed by atoms with Crippen molar-refractivity contribution in [1.82, 2.24) is 45.0 Å². The second-order valence-corrected chi connectivity index (χ2v) is 18.7. The lowest BCUT2D eigenvalue weighted by atomic mass is 9.91. The quantitative estimate of drug-likeness (QED) is 0.173. The number of carbonyl (C=O) groups is 5. The molecular weight excluding hydrogens is 861 g/mol. The van der Waals surface area contributed by atoms with Crippen molar-refractivity contribution in [3.05, 3.63) is 82.9 Å². The van der Waals surface area contributed by atoms with Crippen molar-refractivity contribution >= 4 is 57.6 Å². The number of anilines is 3. The molecule has 16 nitrogen and oxygen atoms in total. The molecule has 0 saturated carbocycles. The van der Waals surface area contributed by atoms with Crippen LogP contribution in [0.4, 0.5) is 26.0 Å². The molecule has 1 unspecified atom stereocenters. The first kappa shape index (κ1) is 44.1. The standard InChI is InChI=1S/C49H55F2N11O5/c1-29(63)60-22-15-41-38(28-60)47(61-17-4-5-31-24-36(32-26-53-57(2)27-32)37(46(50)51)25-42(31)61)56-62(41)33-13-20-59(21-14-33)44(65)23-30-11-18-58(19-12-30)40-9-7-35(45-34(40)6-3-16-52-45)48(66)54-39-8-10-43(64)55-49(39)67/h3,6-7,9,16,24-27,30,33,39,46H,4-5,8,10-15,17-23,28H2,1-2H3,(H,54,66)(H,55,64,67). The van der Waals surface area contributed by atoms with E-state index in [1.54, 1.807) is 49.4 Å². The Kier molecular flexibility index (Phi) is 12.0. The van der Waals surface area contributed by atoms with E-state index in [1.165, 1.54) is 0 Å². The molecule has 2 N–H and O–H groups in total. The summed E-state index contributed by atoms with van der Waals surface area (Å²) in [6, 6.07) is 10.2. The molecule has 0 bridgehead atoms. The van der Waals surface area contributed by atoms with Crippen molar-refractivity contribution in [3.63, 3.8) is 0 Å². The molecule has 8 heterocycles. The molecule has 0 aliphatic carbocycles. The number of halogens is 2. The van der Waals surface area contributed by atoms with Crippen LogP contribution in [0.2, 0.25) is 0 Å². The summed E-state index contributed by atoms with van der Waals surface area (Å²) >= 11 is 0. The van der Waals surface area contributed by atoms with Crippen LogP contribution in [0.25, 0.3) is 22.0 Å². The first-order valence-corrected chi connectivity index (χ1v) is 23.5. The number of amides is 5. The molecule has 1 atom stereocenters. The lowest BCUT2D eigenvalue weighted by Crippen LogP contribution is -2.52. The molecule has 0 spiro atoms. The molecule has 3 fully saturated rings. The smallest absolute Gasteiger partial charge is 0.264 e. The summed E-state index contributed by atoms with van der Waals surface area (Å²) in [5.41, 5.74) is 6.68. The molecule has 5 aliphatic rings. The highest BCUT2D eigenvalue weighted by molar-refractivity contribution is 6.10. The summed E-state index contributed by atoms with van der Waals surface area (Å²) in [6.45, 7) is 5.88. The summed E-state index contributed by atoms with van der Waals surface area (Å²) in [5, 5.41) is 15.4. The number of imide groups is 1. The Bertz CT molecular complexity index is 2770. The number of aromatic nitrogens is 5. The Morgan fingerprint density at radius 2 is 1.72 bits per heavy atom. The number of piperidine rings is 3. The van der Waals surface area contributed by atoms with Gasteiger partial charge in [0.2, 0.25) is 23.6 Å². The molecule has 5 amide bonds. The zero-order chi connectivity index (χ0) is 46.5. The van der Waals surface area contributed by atoms with E-state index < -0.39 is 24.3 Å². The maximum Gasteiger partial charge on any atom is 0.264 e. The molecular formula is C49H55F2N11O5. The van der Waals surface area contributed by atoms with Gasteiger partial charge in [-0.15, -0.1) is 0 Å². The van der Waals surface area contributed by atoms with Crippen LogP contribution in [0, 0.1) is 5.92 Å². The molecule has 10 rings (SSSR count). The van der Waals surface area contributed by atoms with Crippen LogP contribution in [0.15, 0.2) is 55.0 Å². The van der Waals surface area contributed by atoms with Gasteiger partial charge in [0.15, 0.2) is 5.82 Å². The van der Waals surface area contributed by atoms with Gasteiger partial charge in [0.1, 0.15) is 6.04 Å². The number of fused-ring (bicyclic) bond motifs is 3. The van der Waals surface area contributed by atoms with E-state index in [2.05, 4.69) is 35.2 Å². The first-order valence-electron chi connectivity index (χ1n) is 23.5. The second-order valence-electron chi connectivity index (χ2n) is 18.7. The SMILES string of the molecule is CC(=O)N1CCc2c(c(N3CCCc4cc(-c5cnn(C)c5)c(C(F)F)cc43)nn2C2CCN(C(=O)CC3CCN(c4ccc(C(=O)NC5CCC(=O)NC5=O)c5ncccc45)CC3)CC2)C1. The van der Waals surface area contributed by atoms with Gasteiger partial charge < -0.3 is 24.9 Å². The zero-order valence-corrected chi connectivity index (χ0v) is 37.8. The maximum absolute atomic E-state index is 14.8.